The van der Waals surface area contributed by atoms with Gasteiger partial charge in [-0.2, -0.15) is 0 Å². The van der Waals surface area contributed by atoms with Gasteiger partial charge < -0.3 is 15.2 Å². The number of rotatable bonds is 35. The number of primary amides is 1. The maximum atomic E-state index is 12.1. The van der Waals surface area contributed by atoms with Crippen LogP contribution in [0.15, 0.2) is 42.5 Å². The highest BCUT2D eigenvalue weighted by Gasteiger charge is 2.15. The van der Waals surface area contributed by atoms with E-state index in [1.807, 2.05) is 12.1 Å². The lowest BCUT2D eigenvalue weighted by Gasteiger charge is -2.15. The Bertz CT molecular complexity index is 893. The first kappa shape index (κ1) is 42.8. The molecule has 1 amide bonds. The molecule has 0 spiro atoms. The summed E-state index contributed by atoms with van der Waals surface area (Å²) < 4.78 is 12.2. The Hall–Kier alpha value is -2.23. The fraction of sp³-hybridized carbons (Fsp3) is 0.744. The number of benzene rings is 1. The van der Waals surface area contributed by atoms with Crippen molar-refractivity contribution in [1.29, 1.82) is 0 Å². The maximum Gasteiger partial charge on any atom is 0.252 e. The number of unbranched alkanes of at least 4 members (excludes halogenated alkanes) is 24. The maximum absolute atomic E-state index is 12.1. The van der Waals surface area contributed by atoms with Crippen LogP contribution < -0.4 is 15.2 Å². The minimum Gasteiger partial charge on any atom is -0.490 e. The highest BCUT2D eigenvalue weighted by Crippen LogP contribution is 2.32. The average molecular weight is 654 g/mol. The normalized spacial score (nSPS) is 11.6. The van der Waals surface area contributed by atoms with E-state index in [9.17, 15) is 4.79 Å². The van der Waals surface area contributed by atoms with Gasteiger partial charge in [-0.15, -0.1) is 0 Å². The third-order valence-electron chi connectivity index (χ3n) is 9.06. The molecule has 0 aliphatic rings. The molecule has 0 radical (unpaired) electrons. The number of amides is 1. The van der Waals surface area contributed by atoms with Gasteiger partial charge in [0.15, 0.2) is 11.5 Å². The Balaban J connectivity index is 2.10. The number of allylic oxidation sites excluding steroid dienone is 4. The van der Waals surface area contributed by atoms with Gasteiger partial charge in [-0.3, -0.25) is 4.79 Å². The van der Waals surface area contributed by atoms with E-state index in [1.54, 1.807) is 6.07 Å². The smallest absolute Gasteiger partial charge is 0.252 e. The van der Waals surface area contributed by atoms with Crippen molar-refractivity contribution in [3.05, 3.63) is 48.1 Å². The quantitative estimate of drug-likeness (QED) is 0.0586. The number of hydrogen-bond acceptors (Lipinski definition) is 3. The van der Waals surface area contributed by atoms with Crippen molar-refractivity contribution in [2.45, 2.75) is 194 Å². The molecule has 0 heterocycles. The van der Waals surface area contributed by atoms with E-state index in [0.717, 1.165) is 25.7 Å². The lowest BCUT2D eigenvalue weighted by Crippen LogP contribution is -2.14. The monoisotopic (exact) mass is 654 g/mol. The second kappa shape index (κ2) is 33.7. The van der Waals surface area contributed by atoms with Gasteiger partial charge in [-0.1, -0.05) is 160 Å². The van der Waals surface area contributed by atoms with Crippen LogP contribution in [-0.2, 0) is 0 Å². The first-order chi connectivity index (χ1) is 23.2. The fourth-order valence-electron chi connectivity index (χ4n) is 6.03. The van der Waals surface area contributed by atoms with E-state index in [4.69, 9.17) is 15.2 Å². The molecule has 0 saturated carbocycles. The summed E-state index contributed by atoms with van der Waals surface area (Å²) in [5.41, 5.74) is 6.07. The first-order valence-corrected chi connectivity index (χ1v) is 20.2. The standard InChI is InChI=1S/C43H75NO3/c1-3-5-7-9-11-13-15-17-19-21-23-25-27-29-31-33-38-46-41-37-35-36-40(43(44)45)42(41)47-39-34-32-30-28-26-24-22-20-18-16-14-12-10-8-6-4-2/h17-20,35-37H,3-16,21-34,38-39H2,1-2H3,(H2,44,45)/b19-17-,20-18-. The molecule has 270 valence electrons. The number of nitrogens with two attached hydrogens (primary N) is 1. The van der Waals surface area contributed by atoms with Crippen molar-refractivity contribution >= 4 is 5.91 Å². The highest BCUT2D eigenvalue weighted by atomic mass is 16.5. The minimum absolute atomic E-state index is 0.410. The van der Waals surface area contributed by atoms with Crippen LogP contribution in [0.25, 0.3) is 0 Å². The molecule has 0 aliphatic heterocycles. The lowest BCUT2D eigenvalue weighted by atomic mass is 10.1. The summed E-state index contributed by atoms with van der Waals surface area (Å²) in [4.78, 5) is 12.1. The van der Waals surface area contributed by atoms with E-state index < -0.39 is 5.91 Å². The summed E-state index contributed by atoms with van der Waals surface area (Å²) in [5, 5.41) is 0. The fourth-order valence-corrected chi connectivity index (χ4v) is 6.03. The minimum atomic E-state index is -0.469. The summed E-state index contributed by atoms with van der Waals surface area (Å²) in [6.45, 7) is 5.76. The number of carbonyl (C=O) groups is 1. The second-order valence-electron chi connectivity index (χ2n) is 13.6. The Labute approximate surface area is 291 Å². The summed E-state index contributed by atoms with van der Waals surface area (Å²) in [6.07, 6.45) is 45.5. The van der Waals surface area contributed by atoms with Gasteiger partial charge in [0.2, 0.25) is 0 Å². The summed E-state index contributed by atoms with van der Waals surface area (Å²) in [7, 11) is 0. The van der Waals surface area contributed by atoms with Gasteiger partial charge in [0, 0.05) is 0 Å². The van der Waals surface area contributed by atoms with E-state index in [0.29, 0.717) is 30.3 Å². The van der Waals surface area contributed by atoms with E-state index in [2.05, 4.69) is 38.2 Å². The molecule has 0 aromatic heterocycles. The van der Waals surface area contributed by atoms with Crippen LogP contribution in [0.1, 0.15) is 204 Å². The topological polar surface area (TPSA) is 61.5 Å². The van der Waals surface area contributed by atoms with Gasteiger partial charge in [0.25, 0.3) is 5.91 Å². The first-order valence-electron chi connectivity index (χ1n) is 20.2. The van der Waals surface area contributed by atoms with Crippen molar-refractivity contribution < 1.29 is 14.3 Å². The Kier molecular flexibility index (Phi) is 30.6. The largest absolute Gasteiger partial charge is 0.490 e. The number of para-hydroxylation sites is 1. The van der Waals surface area contributed by atoms with Crippen LogP contribution in [0.2, 0.25) is 0 Å². The molecule has 4 heteroatoms. The highest BCUT2D eigenvalue weighted by molar-refractivity contribution is 5.96. The SMILES string of the molecule is CCCCCCCC/C=C\CCCCCCCCOc1cccc(C(N)=O)c1OCCCCCCCC/C=C\CCCCCCCC. The zero-order valence-electron chi connectivity index (χ0n) is 31.1. The second-order valence-corrected chi connectivity index (χ2v) is 13.6. The van der Waals surface area contributed by atoms with Gasteiger partial charge >= 0.3 is 0 Å². The molecule has 1 rings (SSSR count). The van der Waals surface area contributed by atoms with Crippen molar-refractivity contribution in [1.82, 2.24) is 0 Å². The Morgan fingerprint density at radius 1 is 0.511 bits per heavy atom. The van der Waals surface area contributed by atoms with E-state index in [1.165, 1.54) is 154 Å². The number of carbonyl (C=O) groups excluding carboxylic acids is 1. The molecule has 0 bridgehead atoms. The van der Waals surface area contributed by atoms with Gasteiger partial charge in [0.1, 0.15) is 0 Å². The molecule has 1 aromatic rings. The molecular formula is C43H75NO3. The summed E-state index contributed by atoms with van der Waals surface area (Å²) in [6, 6.07) is 5.45. The number of ether oxygens (including phenoxy) is 2. The zero-order valence-corrected chi connectivity index (χ0v) is 31.1. The Morgan fingerprint density at radius 2 is 0.872 bits per heavy atom. The van der Waals surface area contributed by atoms with Crippen molar-refractivity contribution in [3.63, 3.8) is 0 Å². The molecule has 1 aromatic carbocycles. The van der Waals surface area contributed by atoms with E-state index >= 15 is 0 Å². The van der Waals surface area contributed by atoms with Gasteiger partial charge in [-0.05, 0) is 76.3 Å². The van der Waals surface area contributed by atoms with Crippen molar-refractivity contribution in [3.8, 4) is 11.5 Å². The average Bonchev–Trinajstić information content (AvgIpc) is 3.07. The summed E-state index contributed by atoms with van der Waals surface area (Å²) in [5.74, 6) is 0.680. The predicted octanol–water partition coefficient (Wildman–Crippen LogP) is 13.6. The molecule has 0 atom stereocenters. The number of hydrogen-bond donors (Lipinski definition) is 1. The van der Waals surface area contributed by atoms with Gasteiger partial charge in [0.05, 0.1) is 18.8 Å². The molecule has 0 saturated heterocycles. The van der Waals surface area contributed by atoms with Crippen LogP contribution in [0.5, 0.6) is 11.5 Å². The molecule has 47 heavy (non-hydrogen) atoms. The molecule has 0 fully saturated rings. The third-order valence-corrected chi connectivity index (χ3v) is 9.06. The molecular weight excluding hydrogens is 578 g/mol. The summed E-state index contributed by atoms with van der Waals surface area (Å²) >= 11 is 0. The van der Waals surface area contributed by atoms with E-state index in [-0.39, 0.29) is 0 Å². The van der Waals surface area contributed by atoms with Crippen molar-refractivity contribution in [2.24, 2.45) is 5.73 Å². The zero-order chi connectivity index (χ0) is 33.9. The van der Waals surface area contributed by atoms with Crippen LogP contribution in [0.4, 0.5) is 0 Å². The van der Waals surface area contributed by atoms with Gasteiger partial charge in [-0.25, -0.2) is 0 Å². The molecule has 0 unspecified atom stereocenters. The van der Waals surface area contributed by atoms with Crippen LogP contribution >= 0.6 is 0 Å². The van der Waals surface area contributed by atoms with Crippen LogP contribution in [0, 0.1) is 0 Å². The third kappa shape index (κ3) is 26.4. The molecule has 2 N–H and O–H groups in total. The molecule has 4 nitrogen and oxygen atoms in total. The van der Waals surface area contributed by atoms with Crippen LogP contribution in [0.3, 0.4) is 0 Å². The van der Waals surface area contributed by atoms with Crippen LogP contribution in [-0.4, -0.2) is 19.1 Å². The lowest BCUT2D eigenvalue weighted by molar-refractivity contribution is 0.0995. The molecule has 0 aliphatic carbocycles. The van der Waals surface area contributed by atoms with Crippen molar-refractivity contribution in [2.75, 3.05) is 13.2 Å². The Morgan fingerprint density at radius 3 is 1.28 bits per heavy atom. The predicted molar refractivity (Wildman–Crippen MR) is 205 cm³/mol.